The lowest BCUT2D eigenvalue weighted by molar-refractivity contribution is -0.140. The summed E-state index contributed by atoms with van der Waals surface area (Å²) in [7, 11) is 0. The second kappa shape index (κ2) is 7.21. The second-order valence-electron chi connectivity index (χ2n) is 2.57. The van der Waals surface area contributed by atoms with E-state index in [4.69, 9.17) is 10.4 Å². The molecule has 0 rings (SSSR count). The highest BCUT2D eigenvalue weighted by molar-refractivity contribution is 7.99. The maximum Gasteiger partial charge on any atom is 0.327 e. The molecule has 0 unspecified atom stereocenters. The molecule has 0 aliphatic carbocycles. The topological polar surface area (TPSA) is 90.2 Å². The molecule has 0 aromatic carbocycles. The van der Waals surface area contributed by atoms with Gasteiger partial charge in [0.25, 0.3) is 0 Å². The van der Waals surface area contributed by atoms with E-state index in [-0.39, 0.29) is 11.7 Å². The first-order valence-electron chi connectivity index (χ1n) is 4.02. The summed E-state index contributed by atoms with van der Waals surface area (Å²) >= 11 is 1.34. The van der Waals surface area contributed by atoms with Gasteiger partial charge >= 0.3 is 5.97 Å². The summed E-state index contributed by atoms with van der Waals surface area (Å²) in [5.74, 6) is -0.542. The summed E-state index contributed by atoms with van der Waals surface area (Å²) in [6.07, 6.45) is 0.386. The third-order valence-electron chi connectivity index (χ3n) is 1.32. The number of aliphatic carboxylic acids is 1. The van der Waals surface area contributed by atoms with Gasteiger partial charge in [0.1, 0.15) is 6.04 Å². The Morgan fingerprint density at radius 3 is 2.71 bits per heavy atom. The van der Waals surface area contributed by atoms with Gasteiger partial charge in [0.2, 0.25) is 5.91 Å². The first-order chi connectivity index (χ1) is 6.57. The minimum absolute atomic E-state index is 0.288. The molecular formula is C8H12N2O3S. The quantitative estimate of drug-likeness (QED) is 0.620. The molecular weight excluding hydrogens is 204 g/mol. The van der Waals surface area contributed by atoms with Gasteiger partial charge in [-0.25, -0.2) is 4.79 Å². The average molecular weight is 216 g/mol. The van der Waals surface area contributed by atoms with Gasteiger partial charge in [-0.15, -0.1) is 0 Å². The van der Waals surface area contributed by atoms with Crippen molar-refractivity contribution in [2.45, 2.75) is 19.4 Å². The van der Waals surface area contributed by atoms with Crippen molar-refractivity contribution in [3.05, 3.63) is 0 Å². The third kappa shape index (κ3) is 6.31. The summed E-state index contributed by atoms with van der Waals surface area (Å²) in [4.78, 5) is 21.2. The van der Waals surface area contributed by atoms with E-state index in [2.05, 4.69) is 5.32 Å². The Labute approximate surface area is 86.5 Å². The molecule has 0 fully saturated rings. The third-order valence-corrected chi connectivity index (χ3v) is 2.38. The van der Waals surface area contributed by atoms with Gasteiger partial charge in [0.05, 0.1) is 6.07 Å². The fraction of sp³-hybridized carbons (Fsp3) is 0.625. The molecule has 0 aromatic rings. The first-order valence-corrected chi connectivity index (χ1v) is 5.18. The van der Waals surface area contributed by atoms with Gasteiger partial charge in [0, 0.05) is 24.9 Å². The molecule has 0 heterocycles. The van der Waals surface area contributed by atoms with Crippen LogP contribution in [0.1, 0.15) is 13.3 Å². The van der Waals surface area contributed by atoms with Gasteiger partial charge in [-0.2, -0.15) is 17.0 Å². The molecule has 14 heavy (non-hydrogen) atoms. The van der Waals surface area contributed by atoms with Crippen LogP contribution in [-0.4, -0.2) is 34.5 Å². The Kier molecular flexibility index (Phi) is 6.58. The zero-order valence-electron chi connectivity index (χ0n) is 7.82. The molecule has 1 amide bonds. The second-order valence-corrected chi connectivity index (χ2v) is 3.72. The van der Waals surface area contributed by atoms with Crippen LogP contribution in [-0.2, 0) is 9.59 Å². The molecule has 0 aliphatic heterocycles. The van der Waals surface area contributed by atoms with Crippen molar-refractivity contribution in [1.82, 2.24) is 5.32 Å². The zero-order valence-corrected chi connectivity index (χ0v) is 8.63. The van der Waals surface area contributed by atoms with E-state index in [9.17, 15) is 9.59 Å². The Bertz CT molecular complexity index is 249. The lowest BCUT2D eigenvalue weighted by Crippen LogP contribution is -2.41. The van der Waals surface area contributed by atoms with Crippen LogP contribution in [0, 0.1) is 11.3 Å². The average Bonchev–Trinajstić information content (AvgIpc) is 2.09. The Hall–Kier alpha value is -1.22. The van der Waals surface area contributed by atoms with Crippen LogP contribution in [0.3, 0.4) is 0 Å². The summed E-state index contributed by atoms with van der Waals surface area (Å²) < 4.78 is 0. The standard InChI is InChI=1S/C8H12N2O3S/c1-6(11)10-7(8(12)13)5-14-4-2-3-9/h7H,2,4-5H2,1H3,(H,10,11)(H,12,13)/t7-/m0/s1. The lowest BCUT2D eigenvalue weighted by Gasteiger charge is -2.11. The van der Waals surface area contributed by atoms with Crippen LogP contribution in [0.2, 0.25) is 0 Å². The van der Waals surface area contributed by atoms with Crippen LogP contribution < -0.4 is 5.32 Å². The molecule has 0 saturated carbocycles. The van der Waals surface area contributed by atoms with Crippen LogP contribution in [0.5, 0.6) is 0 Å². The molecule has 5 nitrogen and oxygen atoms in total. The molecule has 0 bridgehead atoms. The van der Waals surface area contributed by atoms with E-state index in [1.54, 1.807) is 0 Å². The number of thioether (sulfide) groups is 1. The van der Waals surface area contributed by atoms with Crippen LogP contribution in [0.4, 0.5) is 0 Å². The SMILES string of the molecule is CC(=O)N[C@@H](CSCCC#N)C(=O)O. The molecule has 0 saturated heterocycles. The molecule has 78 valence electrons. The molecule has 0 radical (unpaired) electrons. The summed E-state index contributed by atoms with van der Waals surface area (Å²) in [6, 6.07) is 1.09. The number of nitriles is 1. The number of hydrogen-bond donors (Lipinski definition) is 2. The Morgan fingerprint density at radius 1 is 1.64 bits per heavy atom. The number of hydrogen-bond acceptors (Lipinski definition) is 4. The lowest BCUT2D eigenvalue weighted by atomic mass is 10.3. The van der Waals surface area contributed by atoms with E-state index in [1.165, 1.54) is 18.7 Å². The van der Waals surface area contributed by atoms with Crippen molar-refractivity contribution in [1.29, 1.82) is 5.26 Å². The van der Waals surface area contributed by atoms with Crippen molar-refractivity contribution in [2.75, 3.05) is 11.5 Å². The Morgan fingerprint density at radius 2 is 2.29 bits per heavy atom. The predicted octanol–water partition coefficient (Wildman–Crippen LogP) is 0.223. The molecule has 0 spiro atoms. The summed E-state index contributed by atoms with van der Waals surface area (Å²) in [5, 5.41) is 19.2. The normalized spacial score (nSPS) is 11.4. The molecule has 0 aromatic heterocycles. The maximum absolute atomic E-state index is 10.6. The van der Waals surface area contributed by atoms with Gasteiger partial charge in [-0.05, 0) is 0 Å². The number of rotatable bonds is 6. The number of carboxylic acid groups (broad SMARTS) is 1. The van der Waals surface area contributed by atoms with E-state index >= 15 is 0 Å². The highest BCUT2D eigenvalue weighted by atomic mass is 32.2. The fourth-order valence-corrected chi connectivity index (χ4v) is 1.60. The molecule has 1 atom stereocenters. The Balaban J connectivity index is 3.81. The number of carboxylic acids is 1. The van der Waals surface area contributed by atoms with Crippen LogP contribution in [0.15, 0.2) is 0 Å². The van der Waals surface area contributed by atoms with Crippen molar-refractivity contribution in [3.63, 3.8) is 0 Å². The smallest absolute Gasteiger partial charge is 0.327 e. The first kappa shape index (κ1) is 12.8. The number of nitrogens with zero attached hydrogens (tertiary/aromatic N) is 1. The van der Waals surface area contributed by atoms with Crippen molar-refractivity contribution in [3.8, 4) is 6.07 Å². The maximum atomic E-state index is 10.6. The van der Waals surface area contributed by atoms with E-state index in [1.807, 2.05) is 6.07 Å². The largest absolute Gasteiger partial charge is 0.480 e. The van der Waals surface area contributed by atoms with Gasteiger partial charge in [-0.1, -0.05) is 0 Å². The van der Waals surface area contributed by atoms with Gasteiger partial charge < -0.3 is 10.4 Å². The number of carbonyl (C=O) groups is 2. The zero-order chi connectivity index (χ0) is 11.0. The van der Waals surface area contributed by atoms with Crippen molar-refractivity contribution < 1.29 is 14.7 Å². The van der Waals surface area contributed by atoms with Crippen LogP contribution >= 0.6 is 11.8 Å². The van der Waals surface area contributed by atoms with Gasteiger partial charge in [0.15, 0.2) is 0 Å². The number of amides is 1. The minimum atomic E-state index is -1.05. The molecule has 6 heteroatoms. The van der Waals surface area contributed by atoms with Crippen LogP contribution in [0.25, 0.3) is 0 Å². The minimum Gasteiger partial charge on any atom is -0.480 e. The molecule has 2 N–H and O–H groups in total. The van der Waals surface area contributed by atoms with Gasteiger partial charge in [-0.3, -0.25) is 4.79 Å². The van der Waals surface area contributed by atoms with E-state index < -0.39 is 12.0 Å². The highest BCUT2D eigenvalue weighted by Gasteiger charge is 2.17. The predicted molar refractivity (Wildman–Crippen MR) is 52.8 cm³/mol. The summed E-state index contributed by atoms with van der Waals surface area (Å²) in [5.41, 5.74) is 0. The number of nitrogens with one attached hydrogen (secondary N) is 1. The van der Waals surface area contributed by atoms with E-state index in [0.29, 0.717) is 12.2 Å². The van der Waals surface area contributed by atoms with Crippen molar-refractivity contribution >= 4 is 23.6 Å². The van der Waals surface area contributed by atoms with Crippen molar-refractivity contribution in [2.24, 2.45) is 0 Å². The number of carbonyl (C=O) groups excluding carboxylic acids is 1. The fourth-order valence-electron chi connectivity index (χ4n) is 0.739. The monoisotopic (exact) mass is 216 g/mol. The molecule has 0 aliphatic rings. The summed E-state index contributed by atoms with van der Waals surface area (Å²) in [6.45, 7) is 1.27. The highest BCUT2D eigenvalue weighted by Crippen LogP contribution is 2.04. The van der Waals surface area contributed by atoms with E-state index in [0.717, 1.165) is 0 Å².